The molecule has 0 saturated heterocycles. The van der Waals surface area contributed by atoms with Crippen LogP contribution in [0.2, 0.25) is 0 Å². The van der Waals surface area contributed by atoms with Crippen molar-refractivity contribution < 1.29 is 58.9 Å². The number of carboxylic acid groups (broad SMARTS) is 3. The standard InChI is InChI=1S/C10H22O6.3C3H4O2/c11-1-3-13-5-7-15-9-10-16-8-6-14-4-2-12;3*1-2-3(4)5/h11-12H,1-10H2;3*2H,1H2,(H,4,5). The van der Waals surface area contributed by atoms with Gasteiger partial charge in [0.05, 0.1) is 66.1 Å². The molecular formula is C19H34O12. The molecule has 12 heteroatoms. The van der Waals surface area contributed by atoms with Crippen LogP contribution in [0.3, 0.4) is 0 Å². The third-order valence-electron chi connectivity index (χ3n) is 2.11. The lowest BCUT2D eigenvalue weighted by Gasteiger charge is -2.06. The van der Waals surface area contributed by atoms with E-state index in [1.165, 1.54) is 0 Å². The minimum absolute atomic E-state index is 0.0386. The normalized spacial score (nSPS) is 8.71. The van der Waals surface area contributed by atoms with Crippen molar-refractivity contribution in [2.45, 2.75) is 0 Å². The van der Waals surface area contributed by atoms with Gasteiger partial charge in [-0.3, -0.25) is 0 Å². The zero-order valence-corrected chi connectivity index (χ0v) is 17.5. The van der Waals surface area contributed by atoms with Crippen LogP contribution in [0.1, 0.15) is 0 Å². The van der Waals surface area contributed by atoms with E-state index in [1.807, 2.05) is 0 Å². The van der Waals surface area contributed by atoms with Gasteiger partial charge in [-0.1, -0.05) is 19.7 Å². The maximum atomic E-state index is 9.25. The summed E-state index contributed by atoms with van der Waals surface area (Å²) < 4.78 is 20.4. The Kier molecular flexibility index (Phi) is 40.3. The summed E-state index contributed by atoms with van der Waals surface area (Å²) in [7, 11) is 0. The lowest BCUT2D eigenvalue weighted by atomic mass is 10.7. The Labute approximate surface area is 181 Å². The summed E-state index contributed by atoms with van der Waals surface area (Å²) in [6, 6.07) is 0. The number of rotatable bonds is 16. The van der Waals surface area contributed by atoms with Gasteiger partial charge < -0.3 is 44.5 Å². The van der Waals surface area contributed by atoms with E-state index in [1.54, 1.807) is 0 Å². The Morgan fingerprint density at radius 2 is 0.677 bits per heavy atom. The van der Waals surface area contributed by atoms with Gasteiger partial charge >= 0.3 is 17.9 Å². The van der Waals surface area contributed by atoms with Gasteiger partial charge in [0, 0.05) is 18.2 Å². The highest BCUT2D eigenvalue weighted by atomic mass is 16.6. The van der Waals surface area contributed by atoms with Crippen molar-refractivity contribution in [3.63, 3.8) is 0 Å². The third-order valence-corrected chi connectivity index (χ3v) is 2.11. The zero-order chi connectivity index (χ0) is 24.8. The first-order valence-corrected chi connectivity index (χ1v) is 8.82. The summed E-state index contributed by atoms with van der Waals surface area (Å²) >= 11 is 0. The van der Waals surface area contributed by atoms with Crippen LogP contribution < -0.4 is 0 Å². The summed E-state index contributed by atoms with van der Waals surface area (Å²) in [5, 5.41) is 39.6. The number of aliphatic hydroxyl groups is 2. The van der Waals surface area contributed by atoms with E-state index in [0.29, 0.717) is 52.9 Å². The number of carboxylic acids is 3. The van der Waals surface area contributed by atoms with Crippen molar-refractivity contribution in [3.05, 3.63) is 38.0 Å². The van der Waals surface area contributed by atoms with Gasteiger partial charge in [-0.2, -0.15) is 0 Å². The number of carbonyl (C=O) groups is 3. The molecule has 5 N–H and O–H groups in total. The minimum Gasteiger partial charge on any atom is -0.478 e. The summed E-state index contributed by atoms with van der Waals surface area (Å²) in [5.41, 5.74) is 0. The van der Waals surface area contributed by atoms with E-state index >= 15 is 0 Å². The fraction of sp³-hybridized carbons (Fsp3) is 0.526. The average molecular weight is 454 g/mol. The SMILES string of the molecule is C=CC(=O)O.C=CC(=O)O.C=CC(=O)O.OCCOCCOCCOCCOCCO. The van der Waals surface area contributed by atoms with Crippen LogP contribution in [0.25, 0.3) is 0 Å². The highest BCUT2D eigenvalue weighted by Crippen LogP contribution is 1.82. The first-order chi connectivity index (χ1) is 14.7. The van der Waals surface area contributed by atoms with E-state index in [9.17, 15) is 14.4 Å². The molecule has 0 radical (unpaired) electrons. The summed E-state index contributed by atoms with van der Waals surface area (Å²) in [6.07, 6.45) is 2.50. The number of ether oxygens (including phenoxy) is 4. The van der Waals surface area contributed by atoms with Gasteiger partial charge in [-0.25, -0.2) is 14.4 Å². The molecule has 0 aromatic heterocycles. The largest absolute Gasteiger partial charge is 0.478 e. The predicted molar refractivity (Wildman–Crippen MR) is 111 cm³/mol. The Balaban J connectivity index is -0.000000197. The van der Waals surface area contributed by atoms with E-state index in [4.69, 9.17) is 44.5 Å². The van der Waals surface area contributed by atoms with Crippen molar-refractivity contribution in [2.75, 3.05) is 66.1 Å². The summed E-state index contributed by atoms with van der Waals surface area (Å²) in [4.78, 5) is 27.8. The number of aliphatic carboxylic acids is 3. The van der Waals surface area contributed by atoms with Crippen LogP contribution in [0, 0.1) is 0 Å². The fourth-order valence-electron chi connectivity index (χ4n) is 0.891. The molecule has 31 heavy (non-hydrogen) atoms. The number of aliphatic hydroxyl groups excluding tert-OH is 2. The molecule has 0 aliphatic carbocycles. The second kappa shape index (κ2) is 34.9. The maximum Gasteiger partial charge on any atom is 0.327 e. The van der Waals surface area contributed by atoms with Crippen molar-refractivity contribution in [2.24, 2.45) is 0 Å². The van der Waals surface area contributed by atoms with Crippen LogP contribution >= 0.6 is 0 Å². The van der Waals surface area contributed by atoms with Crippen LogP contribution in [0.15, 0.2) is 38.0 Å². The molecule has 0 heterocycles. The van der Waals surface area contributed by atoms with E-state index in [2.05, 4.69) is 19.7 Å². The lowest BCUT2D eigenvalue weighted by molar-refractivity contribution is -0.132. The van der Waals surface area contributed by atoms with Crippen molar-refractivity contribution in [1.82, 2.24) is 0 Å². The molecule has 0 bridgehead atoms. The summed E-state index contributed by atoms with van der Waals surface area (Å²) in [5.74, 6) is -2.94. The van der Waals surface area contributed by atoms with E-state index in [0.717, 1.165) is 18.2 Å². The lowest BCUT2D eigenvalue weighted by Crippen LogP contribution is -2.13. The number of hydrogen-bond acceptors (Lipinski definition) is 9. The van der Waals surface area contributed by atoms with Crippen molar-refractivity contribution >= 4 is 17.9 Å². The van der Waals surface area contributed by atoms with Crippen LogP contribution in [-0.4, -0.2) is 110 Å². The van der Waals surface area contributed by atoms with E-state index < -0.39 is 17.9 Å². The maximum absolute atomic E-state index is 9.25. The molecule has 0 aliphatic rings. The average Bonchev–Trinajstić information content (AvgIpc) is 2.75. The molecule has 0 atom stereocenters. The smallest absolute Gasteiger partial charge is 0.327 e. The Bertz CT molecular complexity index is 394. The molecule has 0 aromatic rings. The van der Waals surface area contributed by atoms with Crippen LogP contribution in [0.4, 0.5) is 0 Å². The Hall–Kier alpha value is -2.61. The molecule has 0 saturated carbocycles. The first-order valence-electron chi connectivity index (χ1n) is 8.82. The molecule has 0 spiro atoms. The van der Waals surface area contributed by atoms with E-state index in [-0.39, 0.29) is 13.2 Å². The molecule has 0 aromatic carbocycles. The molecule has 0 amide bonds. The molecule has 182 valence electrons. The Morgan fingerprint density at radius 1 is 0.516 bits per heavy atom. The number of hydrogen-bond donors (Lipinski definition) is 5. The first kappa shape index (κ1) is 35.8. The van der Waals surface area contributed by atoms with Gasteiger partial charge in [0.2, 0.25) is 0 Å². The van der Waals surface area contributed by atoms with Crippen molar-refractivity contribution in [1.29, 1.82) is 0 Å². The van der Waals surface area contributed by atoms with Crippen LogP contribution in [-0.2, 0) is 33.3 Å². The van der Waals surface area contributed by atoms with Gasteiger partial charge in [-0.05, 0) is 0 Å². The van der Waals surface area contributed by atoms with Gasteiger partial charge in [0.15, 0.2) is 0 Å². The van der Waals surface area contributed by atoms with Gasteiger partial charge in [0.1, 0.15) is 0 Å². The minimum atomic E-state index is -0.981. The molecular weight excluding hydrogens is 420 g/mol. The van der Waals surface area contributed by atoms with Gasteiger partial charge in [0.25, 0.3) is 0 Å². The monoisotopic (exact) mass is 454 g/mol. The summed E-state index contributed by atoms with van der Waals surface area (Å²) in [6.45, 7) is 12.7. The van der Waals surface area contributed by atoms with Crippen molar-refractivity contribution in [3.8, 4) is 0 Å². The molecule has 0 aliphatic heterocycles. The highest BCUT2D eigenvalue weighted by molar-refractivity contribution is 5.79. The molecule has 0 fully saturated rings. The quantitative estimate of drug-likeness (QED) is 0.153. The molecule has 12 nitrogen and oxygen atoms in total. The fourth-order valence-corrected chi connectivity index (χ4v) is 0.891. The second-order valence-corrected chi connectivity index (χ2v) is 4.52. The predicted octanol–water partition coefficient (Wildman–Crippen LogP) is -0.192. The third kappa shape index (κ3) is 65.7. The highest BCUT2D eigenvalue weighted by Gasteiger charge is 1.91. The van der Waals surface area contributed by atoms with Crippen LogP contribution in [0.5, 0.6) is 0 Å². The Morgan fingerprint density at radius 3 is 0.806 bits per heavy atom. The second-order valence-electron chi connectivity index (χ2n) is 4.52. The zero-order valence-electron chi connectivity index (χ0n) is 17.5. The molecule has 0 unspecified atom stereocenters. The molecule has 0 rings (SSSR count). The topological polar surface area (TPSA) is 189 Å². The van der Waals surface area contributed by atoms with Gasteiger partial charge in [-0.15, -0.1) is 0 Å².